The average molecular weight is 424 g/mol. The fourth-order valence-corrected chi connectivity index (χ4v) is 3.97. The number of hydrogen-bond acceptors (Lipinski definition) is 5. The number of likely N-dealkylation sites (N-methyl/N-ethyl adjacent to an activating group) is 1. The molecule has 3 rings (SSSR count). The highest BCUT2D eigenvalue weighted by molar-refractivity contribution is 7.85. The van der Waals surface area contributed by atoms with E-state index in [0.717, 1.165) is 17.0 Å². The van der Waals surface area contributed by atoms with E-state index in [9.17, 15) is 26.8 Å². The van der Waals surface area contributed by atoms with Crippen LogP contribution in [0.4, 0.5) is 4.79 Å². The molecule has 1 aliphatic rings. The number of amides is 3. The van der Waals surface area contributed by atoms with Gasteiger partial charge in [0.1, 0.15) is 0 Å². The molecule has 0 bridgehead atoms. The fraction of sp³-hybridized carbons (Fsp3) is 0.176. The third-order valence-electron chi connectivity index (χ3n) is 4.50. The third-order valence-corrected chi connectivity index (χ3v) is 6.04. The van der Waals surface area contributed by atoms with Gasteiger partial charge in [-0.1, -0.05) is 24.3 Å². The van der Waals surface area contributed by atoms with Crippen molar-refractivity contribution in [3.8, 4) is 0 Å². The summed E-state index contributed by atoms with van der Waals surface area (Å²) in [5.74, 6) is -0.572. The first-order valence-corrected chi connectivity index (χ1v) is 10.6. The van der Waals surface area contributed by atoms with Crippen LogP contribution in [0.2, 0.25) is 0 Å². The number of carbonyl (C=O) groups excluding carboxylic acids is 2. The monoisotopic (exact) mass is 424 g/mol. The van der Waals surface area contributed by atoms with Crippen molar-refractivity contribution in [2.24, 2.45) is 0 Å². The lowest BCUT2D eigenvalue weighted by Crippen LogP contribution is -2.45. The van der Waals surface area contributed by atoms with E-state index in [1.54, 1.807) is 6.92 Å². The van der Waals surface area contributed by atoms with Gasteiger partial charge >= 0.3 is 6.03 Å². The number of carbonyl (C=O) groups is 2. The molecule has 0 aromatic heterocycles. The fourth-order valence-electron chi connectivity index (χ4n) is 3.12. The molecule has 3 amide bonds. The van der Waals surface area contributed by atoms with Crippen LogP contribution >= 0.6 is 0 Å². The summed E-state index contributed by atoms with van der Waals surface area (Å²) in [5, 5.41) is 2.64. The van der Waals surface area contributed by atoms with E-state index in [0.29, 0.717) is 5.56 Å². The van der Waals surface area contributed by atoms with E-state index < -0.39 is 38.7 Å². The van der Waals surface area contributed by atoms with Crippen molar-refractivity contribution < 1.29 is 31.3 Å². The van der Waals surface area contributed by atoms with Crippen molar-refractivity contribution in [1.29, 1.82) is 0 Å². The molecule has 11 heteroatoms. The summed E-state index contributed by atoms with van der Waals surface area (Å²) in [6.07, 6.45) is 0. The molecule has 1 aliphatic heterocycles. The Hall–Kier alpha value is -2.60. The summed E-state index contributed by atoms with van der Waals surface area (Å²) >= 11 is -2.21. The van der Waals surface area contributed by atoms with Crippen molar-refractivity contribution in [3.63, 3.8) is 0 Å². The van der Waals surface area contributed by atoms with Crippen LogP contribution in [0.5, 0.6) is 0 Å². The first-order valence-electron chi connectivity index (χ1n) is 8.04. The molecule has 2 atom stereocenters. The van der Waals surface area contributed by atoms with Gasteiger partial charge in [-0.15, -0.1) is 0 Å². The van der Waals surface area contributed by atoms with Gasteiger partial charge < -0.3 is 9.87 Å². The Kier molecular flexibility index (Phi) is 5.10. The van der Waals surface area contributed by atoms with E-state index in [1.807, 2.05) is 0 Å². The first kappa shape index (κ1) is 20.1. The molecule has 0 saturated carbocycles. The molecule has 0 spiro atoms. The highest BCUT2D eigenvalue weighted by atomic mass is 32.2. The van der Waals surface area contributed by atoms with Gasteiger partial charge in [-0.3, -0.25) is 14.2 Å². The van der Waals surface area contributed by atoms with Crippen molar-refractivity contribution in [2.75, 3.05) is 6.54 Å². The van der Waals surface area contributed by atoms with Crippen LogP contribution in [0.3, 0.4) is 0 Å². The van der Waals surface area contributed by atoms with Crippen LogP contribution in [0.15, 0.2) is 58.3 Å². The molecule has 0 aliphatic carbocycles. The standard InChI is InChI=1S/C17H16N2O7S2/c1-2-19-15(20)17(18-16(19)21,11-3-7-13(8-4-11)27(22)23)12-5-9-14(10-6-12)28(24,25)26/h3-10H,2H2,1H3,(H,18,21)(H,22,23)(H,24,25,26). The predicted molar refractivity (Wildman–Crippen MR) is 98.4 cm³/mol. The molecule has 2 aromatic rings. The molecule has 2 unspecified atom stereocenters. The van der Waals surface area contributed by atoms with Crippen LogP contribution in [0.1, 0.15) is 18.1 Å². The Morgan fingerprint density at radius 3 is 1.93 bits per heavy atom. The van der Waals surface area contributed by atoms with Crippen LogP contribution in [0, 0.1) is 0 Å². The Labute approximate surface area is 163 Å². The number of nitrogens with one attached hydrogen (secondary N) is 1. The molecular weight excluding hydrogens is 408 g/mol. The second-order valence-electron chi connectivity index (χ2n) is 6.00. The van der Waals surface area contributed by atoms with Gasteiger partial charge in [0.15, 0.2) is 16.6 Å². The quantitative estimate of drug-likeness (QED) is 0.373. The van der Waals surface area contributed by atoms with E-state index in [4.69, 9.17) is 4.55 Å². The minimum absolute atomic E-state index is 0.116. The largest absolute Gasteiger partial charge is 0.325 e. The highest BCUT2D eigenvalue weighted by Gasteiger charge is 2.53. The van der Waals surface area contributed by atoms with E-state index in [2.05, 4.69) is 5.32 Å². The molecule has 148 valence electrons. The van der Waals surface area contributed by atoms with Crippen molar-refractivity contribution in [3.05, 3.63) is 59.7 Å². The predicted octanol–water partition coefficient (Wildman–Crippen LogP) is 1.33. The zero-order valence-corrected chi connectivity index (χ0v) is 16.2. The van der Waals surface area contributed by atoms with Crippen molar-refractivity contribution in [2.45, 2.75) is 22.3 Å². The number of hydrogen-bond donors (Lipinski definition) is 3. The lowest BCUT2D eigenvalue weighted by atomic mass is 9.82. The number of nitrogens with zero attached hydrogens (tertiary/aromatic N) is 1. The summed E-state index contributed by atoms with van der Waals surface area (Å²) in [6, 6.07) is 9.85. The maximum Gasteiger partial charge on any atom is 0.325 e. The highest BCUT2D eigenvalue weighted by Crippen LogP contribution is 2.36. The Morgan fingerprint density at radius 1 is 1.04 bits per heavy atom. The summed E-state index contributed by atoms with van der Waals surface area (Å²) in [4.78, 5) is 26.2. The molecule has 0 radical (unpaired) electrons. The van der Waals surface area contributed by atoms with Crippen LogP contribution in [-0.4, -0.2) is 45.1 Å². The summed E-state index contributed by atoms with van der Waals surface area (Å²) in [6.45, 7) is 1.75. The second-order valence-corrected chi connectivity index (χ2v) is 8.39. The molecule has 1 heterocycles. The van der Waals surface area contributed by atoms with Gasteiger partial charge in [0, 0.05) is 6.54 Å². The Morgan fingerprint density at radius 2 is 1.54 bits per heavy atom. The maximum atomic E-state index is 13.1. The van der Waals surface area contributed by atoms with Crippen molar-refractivity contribution in [1.82, 2.24) is 10.2 Å². The van der Waals surface area contributed by atoms with Crippen LogP contribution in [0.25, 0.3) is 0 Å². The molecule has 1 fully saturated rings. The Bertz CT molecular complexity index is 1070. The zero-order valence-electron chi connectivity index (χ0n) is 14.5. The zero-order chi connectivity index (χ0) is 20.7. The van der Waals surface area contributed by atoms with Gasteiger partial charge in [-0.05, 0) is 42.3 Å². The average Bonchev–Trinajstić information content (AvgIpc) is 2.92. The molecule has 1 saturated heterocycles. The number of benzene rings is 2. The number of urea groups is 1. The minimum atomic E-state index is -4.43. The molecule has 2 aromatic carbocycles. The summed E-state index contributed by atoms with van der Waals surface area (Å²) < 4.78 is 52.1. The SMILES string of the molecule is CCN1C(=O)NC(c2ccc(S(=O)O)cc2)(c2ccc(S(=O)(=O)O)cc2)C1=O. The topological polar surface area (TPSA) is 141 Å². The molecular formula is C17H16N2O7S2. The van der Waals surface area contributed by atoms with Gasteiger partial charge in [0.05, 0.1) is 9.79 Å². The van der Waals surface area contributed by atoms with Crippen LogP contribution in [-0.2, 0) is 31.5 Å². The number of rotatable bonds is 5. The lowest BCUT2D eigenvalue weighted by molar-refractivity contribution is -0.130. The lowest BCUT2D eigenvalue weighted by Gasteiger charge is -2.28. The minimum Gasteiger partial charge on any atom is -0.315 e. The van der Waals surface area contributed by atoms with Gasteiger partial charge in [0.2, 0.25) is 0 Å². The van der Waals surface area contributed by atoms with Crippen molar-refractivity contribution >= 4 is 33.1 Å². The maximum absolute atomic E-state index is 13.1. The number of imide groups is 1. The summed E-state index contributed by atoms with van der Waals surface area (Å²) in [5.41, 5.74) is -1.04. The van der Waals surface area contributed by atoms with E-state index in [1.165, 1.54) is 36.4 Å². The van der Waals surface area contributed by atoms with E-state index >= 15 is 0 Å². The summed E-state index contributed by atoms with van der Waals surface area (Å²) in [7, 11) is -4.43. The second kappa shape index (κ2) is 7.09. The molecule has 3 N–H and O–H groups in total. The first-order chi connectivity index (χ1) is 13.1. The third kappa shape index (κ3) is 3.22. The van der Waals surface area contributed by atoms with Gasteiger partial charge in [-0.2, -0.15) is 8.42 Å². The van der Waals surface area contributed by atoms with Crippen LogP contribution < -0.4 is 5.32 Å². The Balaban J connectivity index is 2.20. The normalized spacial score (nSPS) is 20.9. The molecule has 28 heavy (non-hydrogen) atoms. The van der Waals surface area contributed by atoms with Gasteiger partial charge in [0.25, 0.3) is 16.0 Å². The van der Waals surface area contributed by atoms with Gasteiger partial charge in [-0.25, -0.2) is 9.00 Å². The van der Waals surface area contributed by atoms with E-state index in [-0.39, 0.29) is 21.9 Å². The molecule has 9 nitrogen and oxygen atoms in total. The smallest absolute Gasteiger partial charge is 0.315 e.